The van der Waals surface area contributed by atoms with E-state index in [9.17, 15) is 9.59 Å². The average Bonchev–Trinajstić information content (AvgIpc) is 3.02. The Labute approximate surface area is 147 Å². The van der Waals surface area contributed by atoms with Gasteiger partial charge in [0.1, 0.15) is 6.23 Å². The van der Waals surface area contributed by atoms with Gasteiger partial charge in [-0.25, -0.2) is 4.79 Å². The summed E-state index contributed by atoms with van der Waals surface area (Å²) in [5.74, 6) is 0.941. The van der Waals surface area contributed by atoms with Gasteiger partial charge in [-0.2, -0.15) is 0 Å². The fourth-order valence-corrected chi connectivity index (χ4v) is 3.26. The SMILES string of the molecule is COc1ccc(C(=O)CN2CCN(C3CCCCO3)C2=O)cc1OC. The molecule has 1 aromatic rings. The summed E-state index contributed by atoms with van der Waals surface area (Å²) in [6, 6.07) is 4.90. The summed E-state index contributed by atoms with van der Waals surface area (Å²) < 4.78 is 16.1. The molecule has 0 spiro atoms. The van der Waals surface area contributed by atoms with Gasteiger partial charge in [0.25, 0.3) is 0 Å². The van der Waals surface area contributed by atoms with Crippen LogP contribution in [0.2, 0.25) is 0 Å². The molecule has 1 atom stereocenters. The van der Waals surface area contributed by atoms with Gasteiger partial charge >= 0.3 is 6.03 Å². The number of carbonyl (C=O) groups is 2. The molecule has 2 aliphatic heterocycles. The maximum atomic E-state index is 12.6. The van der Waals surface area contributed by atoms with E-state index in [4.69, 9.17) is 14.2 Å². The molecule has 25 heavy (non-hydrogen) atoms. The van der Waals surface area contributed by atoms with Crippen LogP contribution in [0.15, 0.2) is 18.2 Å². The molecule has 7 nitrogen and oxygen atoms in total. The topological polar surface area (TPSA) is 68.3 Å². The number of rotatable bonds is 6. The van der Waals surface area contributed by atoms with E-state index in [0.717, 1.165) is 19.3 Å². The highest BCUT2D eigenvalue weighted by atomic mass is 16.5. The van der Waals surface area contributed by atoms with E-state index in [2.05, 4.69) is 0 Å². The summed E-state index contributed by atoms with van der Waals surface area (Å²) in [5.41, 5.74) is 0.498. The normalized spacial score (nSPS) is 20.7. The van der Waals surface area contributed by atoms with Gasteiger partial charge < -0.3 is 19.1 Å². The maximum absolute atomic E-state index is 12.6. The standard InChI is InChI=1S/C18H24N2O5/c1-23-15-7-6-13(11-16(15)24-2)14(21)12-19-8-9-20(18(19)22)17-5-3-4-10-25-17/h6-7,11,17H,3-5,8-10,12H2,1-2H3. The number of hydrogen-bond donors (Lipinski definition) is 0. The summed E-state index contributed by atoms with van der Waals surface area (Å²) >= 11 is 0. The molecule has 3 rings (SSSR count). The third-order valence-electron chi connectivity index (χ3n) is 4.67. The first-order valence-corrected chi connectivity index (χ1v) is 8.56. The number of nitrogens with zero attached hydrogens (tertiary/aromatic N) is 2. The van der Waals surface area contributed by atoms with E-state index in [0.29, 0.717) is 36.8 Å². The fourth-order valence-electron chi connectivity index (χ4n) is 3.26. The molecule has 0 aromatic heterocycles. The van der Waals surface area contributed by atoms with Crippen molar-refractivity contribution in [3.05, 3.63) is 23.8 Å². The van der Waals surface area contributed by atoms with Crippen molar-refractivity contribution < 1.29 is 23.8 Å². The molecule has 0 radical (unpaired) electrons. The number of methoxy groups -OCH3 is 2. The van der Waals surface area contributed by atoms with E-state index in [-0.39, 0.29) is 24.6 Å². The molecule has 1 aromatic carbocycles. The van der Waals surface area contributed by atoms with E-state index in [1.807, 2.05) is 0 Å². The van der Waals surface area contributed by atoms with Crippen molar-refractivity contribution in [3.8, 4) is 11.5 Å². The summed E-state index contributed by atoms with van der Waals surface area (Å²) in [5, 5.41) is 0. The minimum Gasteiger partial charge on any atom is -0.493 e. The van der Waals surface area contributed by atoms with Crippen LogP contribution in [0.1, 0.15) is 29.6 Å². The first-order chi connectivity index (χ1) is 12.1. The van der Waals surface area contributed by atoms with Crippen LogP contribution in [0.5, 0.6) is 11.5 Å². The van der Waals surface area contributed by atoms with Crippen molar-refractivity contribution in [1.29, 1.82) is 0 Å². The van der Waals surface area contributed by atoms with Crippen molar-refractivity contribution in [3.63, 3.8) is 0 Å². The van der Waals surface area contributed by atoms with E-state index in [1.54, 1.807) is 35.1 Å². The van der Waals surface area contributed by atoms with Crippen LogP contribution in [-0.2, 0) is 4.74 Å². The van der Waals surface area contributed by atoms with Gasteiger partial charge in [-0.1, -0.05) is 0 Å². The highest BCUT2D eigenvalue weighted by Crippen LogP contribution is 2.28. The molecule has 0 bridgehead atoms. The molecule has 2 aliphatic rings. The number of amides is 2. The number of ketones is 1. The minimum absolute atomic E-state index is 0.0531. The molecule has 2 heterocycles. The average molecular weight is 348 g/mol. The predicted octanol–water partition coefficient (Wildman–Crippen LogP) is 2.15. The predicted molar refractivity (Wildman–Crippen MR) is 91.1 cm³/mol. The number of ether oxygens (including phenoxy) is 3. The Morgan fingerprint density at radius 2 is 2.00 bits per heavy atom. The lowest BCUT2D eigenvalue weighted by Gasteiger charge is -2.30. The van der Waals surface area contributed by atoms with Gasteiger partial charge in [-0.3, -0.25) is 9.69 Å². The molecule has 0 N–H and O–H groups in total. The Hall–Kier alpha value is -2.28. The molecule has 1 unspecified atom stereocenters. The van der Waals surface area contributed by atoms with Crippen LogP contribution in [0.4, 0.5) is 4.79 Å². The number of hydrogen-bond acceptors (Lipinski definition) is 5. The van der Waals surface area contributed by atoms with Crippen molar-refractivity contribution in [2.45, 2.75) is 25.5 Å². The van der Waals surface area contributed by atoms with Gasteiger partial charge in [-0.05, 0) is 37.5 Å². The molecule has 0 saturated carbocycles. The van der Waals surface area contributed by atoms with E-state index < -0.39 is 0 Å². The second-order valence-electron chi connectivity index (χ2n) is 6.21. The van der Waals surface area contributed by atoms with Crippen LogP contribution in [0, 0.1) is 0 Å². The van der Waals surface area contributed by atoms with Crippen LogP contribution in [0.25, 0.3) is 0 Å². The van der Waals surface area contributed by atoms with Gasteiger partial charge in [0, 0.05) is 25.3 Å². The Morgan fingerprint density at radius 1 is 1.20 bits per heavy atom. The zero-order chi connectivity index (χ0) is 17.8. The molecule has 2 fully saturated rings. The smallest absolute Gasteiger partial charge is 0.322 e. The monoisotopic (exact) mass is 348 g/mol. The second-order valence-corrected chi connectivity index (χ2v) is 6.21. The summed E-state index contributed by atoms with van der Waals surface area (Å²) in [6.07, 6.45) is 2.82. The molecular formula is C18H24N2O5. The summed E-state index contributed by atoms with van der Waals surface area (Å²) in [4.78, 5) is 28.4. The minimum atomic E-state index is -0.151. The third-order valence-corrected chi connectivity index (χ3v) is 4.67. The highest BCUT2D eigenvalue weighted by Gasteiger charge is 2.35. The molecule has 7 heteroatoms. The second kappa shape index (κ2) is 7.74. The number of Topliss-reactive ketones (excluding diaryl/α,β-unsaturated/α-hetero) is 1. The number of carbonyl (C=O) groups excluding carboxylic acids is 2. The van der Waals surface area contributed by atoms with Crippen molar-refractivity contribution >= 4 is 11.8 Å². The number of benzene rings is 1. The number of urea groups is 1. The zero-order valence-corrected chi connectivity index (χ0v) is 14.7. The van der Waals surface area contributed by atoms with Gasteiger partial charge in [0.15, 0.2) is 17.3 Å². The largest absolute Gasteiger partial charge is 0.493 e. The van der Waals surface area contributed by atoms with Crippen LogP contribution in [0.3, 0.4) is 0 Å². The molecule has 0 aliphatic carbocycles. The maximum Gasteiger partial charge on any atom is 0.322 e. The van der Waals surface area contributed by atoms with Crippen LogP contribution in [-0.4, -0.2) is 68.3 Å². The molecule has 136 valence electrons. The Morgan fingerprint density at radius 3 is 2.68 bits per heavy atom. The van der Waals surface area contributed by atoms with Crippen molar-refractivity contribution in [2.24, 2.45) is 0 Å². The van der Waals surface area contributed by atoms with Crippen LogP contribution < -0.4 is 9.47 Å². The Balaban J connectivity index is 1.64. The Kier molecular flexibility index (Phi) is 5.43. The first-order valence-electron chi connectivity index (χ1n) is 8.56. The van der Waals surface area contributed by atoms with Crippen molar-refractivity contribution in [1.82, 2.24) is 9.80 Å². The lowest BCUT2D eigenvalue weighted by atomic mass is 10.1. The van der Waals surface area contributed by atoms with Gasteiger partial charge in [0.2, 0.25) is 0 Å². The van der Waals surface area contributed by atoms with E-state index in [1.165, 1.54) is 7.11 Å². The van der Waals surface area contributed by atoms with Crippen molar-refractivity contribution in [2.75, 3.05) is 40.5 Å². The zero-order valence-electron chi connectivity index (χ0n) is 14.7. The third kappa shape index (κ3) is 3.71. The molecule has 2 saturated heterocycles. The quantitative estimate of drug-likeness (QED) is 0.737. The summed E-state index contributed by atoms with van der Waals surface area (Å²) in [7, 11) is 3.07. The Bertz CT molecular complexity index is 642. The highest BCUT2D eigenvalue weighted by molar-refractivity contribution is 6.00. The molecular weight excluding hydrogens is 324 g/mol. The first kappa shape index (κ1) is 17.5. The fraction of sp³-hybridized carbons (Fsp3) is 0.556. The lowest BCUT2D eigenvalue weighted by molar-refractivity contribution is -0.0592. The van der Waals surface area contributed by atoms with Crippen LogP contribution >= 0.6 is 0 Å². The lowest BCUT2D eigenvalue weighted by Crippen LogP contribution is -2.43. The van der Waals surface area contributed by atoms with Gasteiger partial charge in [0.05, 0.1) is 20.8 Å². The molecule has 2 amide bonds. The summed E-state index contributed by atoms with van der Waals surface area (Å²) in [6.45, 7) is 1.89. The van der Waals surface area contributed by atoms with Gasteiger partial charge in [-0.15, -0.1) is 0 Å². The van der Waals surface area contributed by atoms with E-state index >= 15 is 0 Å².